The van der Waals surface area contributed by atoms with Crippen LogP contribution < -0.4 is 42.5 Å². The molecular weight excluding hydrogens is 1550 g/mol. The zero-order valence-electron chi connectivity index (χ0n) is 73.4. The highest BCUT2D eigenvalue weighted by Crippen LogP contribution is 2.43. The monoisotopic (exact) mass is 1680 g/mol. The molecule has 0 bridgehead atoms. The number of thiazole rings is 1. The molecule has 8 aliphatic rings. The Kier molecular flexibility index (Phi) is 27.7. The van der Waals surface area contributed by atoms with Crippen molar-refractivity contribution in [1.82, 2.24) is 90.8 Å². The number of likely N-dealkylation sites (tertiary alicyclic amines) is 4. The van der Waals surface area contributed by atoms with E-state index in [0.29, 0.717) is 18.1 Å². The van der Waals surface area contributed by atoms with Crippen LogP contribution in [0.2, 0.25) is 0 Å². The van der Waals surface area contributed by atoms with Gasteiger partial charge in [-0.2, -0.15) is 20.4 Å². The number of pyridine rings is 1. The predicted octanol–water partition coefficient (Wildman–Crippen LogP) is 11.5. The van der Waals surface area contributed by atoms with E-state index in [2.05, 4.69) is 213 Å². The van der Waals surface area contributed by atoms with Crippen LogP contribution in [0.25, 0.3) is 43.6 Å². The van der Waals surface area contributed by atoms with Crippen molar-refractivity contribution >= 4 is 102 Å². The van der Waals surface area contributed by atoms with Gasteiger partial charge in [-0.1, -0.05) is 80.3 Å². The van der Waals surface area contributed by atoms with Crippen LogP contribution in [-0.4, -0.2) is 230 Å². The molecule has 12 N–H and O–H groups in total. The van der Waals surface area contributed by atoms with Crippen LogP contribution >= 0.6 is 11.3 Å². The van der Waals surface area contributed by atoms with Gasteiger partial charge in [-0.3, -0.25) is 63.3 Å². The Hall–Kier alpha value is -9.62. The number of H-pyrrole nitrogens is 2. The van der Waals surface area contributed by atoms with Crippen molar-refractivity contribution in [2.24, 2.45) is 31.8 Å². The molecule has 10 aromatic rings. The minimum absolute atomic E-state index is 0.00829. The average Bonchev–Trinajstić information content (AvgIpc) is 1.07. The van der Waals surface area contributed by atoms with E-state index in [1.54, 1.807) is 11.3 Å². The number of anilines is 4. The van der Waals surface area contributed by atoms with Crippen LogP contribution in [0.15, 0.2) is 97.3 Å². The van der Waals surface area contributed by atoms with E-state index in [9.17, 15) is 29.4 Å². The zero-order chi connectivity index (χ0) is 85.5. The maximum atomic E-state index is 12.5. The standard InChI is InChI=1S/C26H34N6O2.C25H34N6O2S.C22H33N5O.C20H29N5O/c1-17-4-7-23-22(12-17)25(30-31(23)3)28-14-24(33)29-20-15-32(16-20)21-8-10-26(34,11-9-21)19-6-5-18(2)27-13-19;1-4-23-26-12-21(34-23)25(33)9-7-18(8-10-25)31-14-17(15-31)28-22(32)13-27-24-19-11-16(2)5-6-20(19)30(3)29-24;1-14(2)16-5-7-18(8-6-16)27-12-17(13-27)24-21(28)11-23-22-19-10-15(3)4-9-20(19)25-26-22;1-13-3-6-16(7-4-13)25-11-15(12-25)22-19(26)10-21-20-17-9-14(2)5-8-18(17)23-24-20/h4-7,12-13,20-21,34H,8-11,14-16H2,1-3H3,(H,28,30)(H,29,33);5-6,11-12,17-18,33H,4,7-10,13-15H2,1-3H3,(H,27,29)(H,28,32);4,9-10,14,16-18H,5-8,11-13H2,1-3H3,(H,24,28)(H2,23,25,26);5,8-9,13,15-16H,3-4,6-7,10-12H2,1-2H3,(H,22,26)(H2,21,23,24). The maximum Gasteiger partial charge on any atom is 0.239 e. The summed E-state index contributed by atoms with van der Waals surface area (Å²) in [6.07, 6.45) is 22.2. The molecule has 18 rings (SSSR count). The van der Waals surface area contributed by atoms with E-state index in [-0.39, 0.29) is 67.9 Å². The molecule has 4 aromatic carbocycles. The molecule has 122 heavy (non-hydrogen) atoms. The first-order valence-corrected chi connectivity index (χ1v) is 45.7. The molecule has 4 saturated carbocycles. The van der Waals surface area contributed by atoms with Crippen molar-refractivity contribution in [2.45, 2.75) is 231 Å². The molecule has 28 nitrogen and oxygen atoms in total. The molecule has 29 heteroatoms. The Morgan fingerprint density at radius 3 is 1.20 bits per heavy atom. The third-order valence-corrected chi connectivity index (χ3v) is 28.6. The van der Waals surface area contributed by atoms with Crippen LogP contribution in [0.3, 0.4) is 0 Å². The number of nitrogens with zero attached hydrogens (tertiary/aromatic N) is 12. The third-order valence-electron chi connectivity index (χ3n) is 27.3. The van der Waals surface area contributed by atoms with E-state index in [1.165, 1.54) is 73.6 Å². The lowest BCUT2D eigenvalue weighted by Gasteiger charge is -2.48. The normalized spacial score (nSPS) is 23.8. The van der Waals surface area contributed by atoms with Gasteiger partial charge in [-0.15, -0.1) is 11.3 Å². The van der Waals surface area contributed by atoms with Crippen LogP contribution in [0.1, 0.15) is 174 Å². The summed E-state index contributed by atoms with van der Waals surface area (Å²) >= 11 is 1.65. The lowest BCUT2D eigenvalue weighted by atomic mass is 9.77. The second-order valence-corrected chi connectivity index (χ2v) is 38.0. The summed E-state index contributed by atoms with van der Waals surface area (Å²) in [4.78, 5) is 69.3. The predicted molar refractivity (Wildman–Crippen MR) is 485 cm³/mol. The van der Waals surface area contributed by atoms with Crippen LogP contribution in [0.4, 0.5) is 23.3 Å². The first-order valence-electron chi connectivity index (χ1n) is 44.9. The number of carbonyl (C=O) groups is 4. The number of aryl methyl sites for hydroxylation is 8. The zero-order valence-corrected chi connectivity index (χ0v) is 74.2. The van der Waals surface area contributed by atoms with Gasteiger partial charge in [0.15, 0.2) is 23.3 Å². The summed E-state index contributed by atoms with van der Waals surface area (Å²) in [7, 11) is 3.83. The Morgan fingerprint density at radius 1 is 0.459 bits per heavy atom. The molecule has 0 radical (unpaired) electrons. The maximum absolute atomic E-state index is 12.5. The topological polar surface area (TPSA) is 337 Å². The number of rotatable bonds is 24. The molecular formula is C93H130N22O6S. The summed E-state index contributed by atoms with van der Waals surface area (Å²) in [5, 5.41) is 76.3. The Morgan fingerprint density at radius 2 is 0.828 bits per heavy atom. The van der Waals surface area contributed by atoms with Gasteiger partial charge in [0.05, 0.1) is 87.9 Å². The van der Waals surface area contributed by atoms with Gasteiger partial charge in [0, 0.05) is 136 Å². The fraction of sp³-hybridized carbons (Fsp3) is 0.570. The first kappa shape index (κ1) is 87.3. The molecule has 4 aliphatic carbocycles. The number of benzene rings is 4. The molecule has 0 unspecified atom stereocenters. The summed E-state index contributed by atoms with van der Waals surface area (Å²) in [5.74, 6) is 5.62. The van der Waals surface area contributed by atoms with E-state index in [0.717, 1.165) is 228 Å². The van der Waals surface area contributed by atoms with Gasteiger partial charge in [0.2, 0.25) is 23.6 Å². The number of fused-ring (bicyclic) bond motifs is 4. The third kappa shape index (κ3) is 21.2. The number of amides is 4. The minimum Gasteiger partial charge on any atom is -0.385 e. The summed E-state index contributed by atoms with van der Waals surface area (Å²) in [5.41, 5.74) is 9.14. The number of aromatic amines is 2. The van der Waals surface area contributed by atoms with E-state index in [4.69, 9.17) is 0 Å². The van der Waals surface area contributed by atoms with Crippen molar-refractivity contribution in [3.05, 3.63) is 141 Å². The van der Waals surface area contributed by atoms with Crippen LogP contribution in [-0.2, 0) is 50.9 Å². The highest BCUT2D eigenvalue weighted by atomic mass is 32.1. The lowest BCUT2D eigenvalue weighted by molar-refractivity contribution is -0.122. The van der Waals surface area contributed by atoms with E-state index in [1.807, 2.05) is 73.1 Å². The number of carbonyl (C=O) groups excluding carboxylic acids is 4. The van der Waals surface area contributed by atoms with E-state index >= 15 is 0 Å². The van der Waals surface area contributed by atoms with Gasteiger partial charge < -0.3 is 52.7 Å². The molecule has 4 aliphatic heterocycles. The Bertz CT molecular complexity index is 5210. The van der Waals surface area contributed by atoms with Crippen molar-refractivity contribution in [2.75, 3.05) is 99.8 Å². The molecule has 10 heterocycles. The lowest BCUT2D eigenvalue weighted by Crippen LogP contribution is -2.63. The van der Waals surface area contributed by atoms with Gasteiger partial charge in [-0.25, -0.2) is 4.98 Å². The van der Waals surface area contributed by atoms with Crippen molar-refractivity contribution in [3.63, 3.8) is 0 Å². The van der Waals surface area contributed by atoms with Gasteiger partial charge >= 0.3 is 0 Å². The Balaban J connectivity index is 0.000000127. The van der Waals surface area contributed by atoms with E-state index < -0.39 is 11.2 Å². The SMILES string of the molecule is CCc1ncc(C2(O)CCC(N3CC(NC(=O)CNc4nn(C)c5ccc(C)cc45)C3)CC2)s1.Cc1ccc2[nH]nc(NCC(=O)NC3CN(C4CCC(C(C)C)CC4)C3)c2c1.Cc1ccc2[nH]nc(NCC(=O)NC3CN(C4CCC(C)CC4)C3)c2c1.Cc1ccc2c(c1)c(NCC(=O)NC1CN(C3CCC(O)(c4ccc(C)nc4)CC3)C1)nn2C. The van der Waals surface area contributed by atoms with Crippen molar-refractivity contribution < 1.29 is 29.4 Å². The first-order chi connectivity index (χ1) is 58.7. The molecule has 4 saturated heterocycles. The smallest absolute Gasteiger partial charge is 0.239 e. The minimum atomic E-state index is -0.768. The van der Waals surface area contributed by atoms with Crippen molar-refractivity contribution in [1.29, 1.82) is 0 Å². The second-order valence-electron chi connectivity index (χ2n) is 36.9. The quantitative estimate of drug-likeness (QED) is 0.0267. The molecule has 4 amide bonds. The highest BCUT2D eigenvalue weighted by Gasteiger charge is 2.44. The van der Waals surface area contributed by atoms with Gasteiger partial charge in [0.25, 0.3) is 0 Å². The summed E-state index contributed by atoms with van der Waals surface area (Å²) < 4.78 is 3.67. The molecule has 6 aromatic heterocycles. The van der Waals surface area contributed by atoms with Gasteiger partial charge in [-0.05, 0) is 216 Å². The fourth-order valence-corrected chi connectivity index (χ4v) is 20.5. The number of nitrogens with one attached hydrogen (secondary N) is 10. The largest absolute Gasteiger partial charge is 0.385 e. The van der Waals surface area contributed by atoms with Crippen LogP contribution in [0.5, 0.6) is 0 Å². The molecule has 8 fully saturated rings. The average molecular weight is 1680 g/mol. The molecule has 0 atom stereocenters. The fourth-order valence-electron chi connectivity index (χ4n) is 19.5. The molecule has 654 valence electrons. The number of hydrogen-bond donors (Lipinski definition) is 12. The summed E-state index contributed by atoms with van der Waals surface area (Å²) in [6, 6.07) is 32.0. The Labute approximate surface area is 721 Å². The summed E-state index contributed by atoms with van der Waals surface area (Å²) in [6.45, 7) is 27.7. The van der Waals surface area contributed by atoms with Gasteiger partial charge in [0.1, 0.15) is 5.60 Å². The number of aliphatic hydroxyl groups is 2. The highest BCUT2D eigenvalue weighted by molar-refractivity contribution is 7.11. The number of aromatic nitrogens is 10. The molecule has 0 spiro atoms. The van der Waals surface area contributed by atoms with Crippen molar-refractivity contribution in [3.8, 4) is 0 Å². The number of hydrogen-bond acceptors (Lipinski definition) is 21. The second kappa shape index (κ2) is 38.6. The van der Waals surface area contributed by atoms with Crippen LogP contribution in [0, 0.1) is 52.4 Å².